The van der Waals surface area contributed by atoms with E-state index in [2.05, 4.69) is 25.7 Å². The van der Waals surface area contributed by atoms with E-state index in [9.17, 15) is 9.90 Å². The van der Waals surface area contributed by atoms with E-state index in [4.69, 9.17) is 0 Å². The quantitative estimate of drug-likeness (QED) is 0.618. The average Bonchev–Trinajstić information content (AvgIpc) is 3.21. The van der Waals surface area contributed by atoms with Crippen LogP contribution in [0.1, 0.15) is 43.0 Å². The second-order valence-corrected chi connectivity index (χ2v) is 6.71. The number of para-hydroxylation sites is 1. The van der Waals surface area contributed by atoms with E-state index in [-0.39, 0.29) is 24.5 Å². The number of aliphatic hydroxyl groups is 1. The van der Waals surface area contributed by atoms with Gasteiger partial charge in [-0.05, 0) is 25.8 Å². The van der Waals surface area contributed by atoms with Crippen LogP contribution in [0.4, 0.5) is 0 Å². The van der Waals surface area contributed by atoms with Crippen LogP contribution < -0.4 is 5.32 Å². The number of nitrogens with zero attached hydrogens (tertiary/aromatic N) is 4. The minimum Gasteiger partial charge on any atom is -0.388 e. The highest BCUT2D eigenvalue weighted by Gasteiger charge is 2.35. The minimum atomic E-state index is -0.105. The zero-order valence-electron chi connectivity index (χ0n) is 14.6. The molecule has 1 aliphatic carbocycles. The Balaban J connectivity index is 1.34. The Kier molecular flexibility index (Phi) is 4.42. The van der Waals surface area contributed by atoms with Gasteiger partial charge in [-0.1, -0.05) is 18.2 Å². The first-order valence-corrected chi connectivity index (χ1v) is 8.93. The molecule has 2 heterocycles. The van der Waals surface area contributed by atoms with Crippen molar-refractivity contribution in [3.63, 3.8) is 0 Å². The first-order valence-electron chi connectivity index (χ1n) is 8.93. The lowest BCUT2D eigenvalue weighted by atomic mass is 9.79. The van der Waals surface area contributed by atoms with Gasteiger partial charge in [-0.2, -0.15) is 5.10 Å². The van der Waals surface area contributed by atoms with Crippen molar-refractivity contribution in [1.82, 2.24) is 30.3 Å². The summed E-state index contributed by atoms with van der Waals surface area (Å²) < 4.78 is 1.96. The number of fused-ring (bicyclic) bond motifs is 1. The van der Waals surface area contributed by atoms with Gasteiger partial charge >= 0.3 is 0 Å². The van der Waals surface area contributed by atoms with Crippen LogP contribution in [-0.4, -0.2) is 42.0 Å². The number of rotatable bonds is 6. The largest absolute Gasteiger partial charge is 0.388 e. The molecule has 0 saturated heterocycles. The molecule has 0 bridgehead atoms. The van der Waals surface area contributed by atoms with Crippen molar-refractivity contribution in [3.8, 4) is 0 Å². The number of nitrogens with one attached hydrogen (secondary N) is 2. The van der Waals surface area contributed by atoms with Crippen LogP contribution in [0, 0.1) is 0 Å². The number of amides is 1. The Hall–Kier alpha value is -2.74. The number of hydrogen-bond donors (Lipinski definition) is 3. The van der Waals surface area contributed by atoms with E-state index in [1.165, 1.54) is 0 Å². The van der Waals surface area contributed by atoms with Gasteiger partial charge in [0.25, 0.3) is 0 Å². The fourth-order valence-corrected chi connectivity index (χ4v) is 3.65. The molecule has 0 atom stereocenters. The van der Waals surface area contributed by atoms with E-state index >= 15 is 0 Å². The summed E-state index contributed by atoms with van der Waals surface area (Å²) in [6.07, 6.45) is 1.99. The molecule has 4 rings (SSSR count). The van der Waals surface area contributed by atoms with Gasteiger partial charge in [0.2, 0.25) is 5.91 Å². The molecule has 0 unspecified atom stereocenters. The van der Waals surface area contributed by atoms with E-state index < -0.39 is 0 Å². The predicted octanol–water partition coefficient (Wildman–Crippen LogP) is 1.27. The second-order valence-electron chi connectivity index (χ2n) is 6.71. The number of hydrogen-bond acceptors (Lipinski definition) is 5. The molecular formula is C18H22N6O2. The zero-order valence-corrected chi connectivity index (χ0v) is 14.6. The molecule has 8 nitrogen and oxygen atoms in total. The third kappa shape index (κ3) is 2.96. The molecule has 1 aliphatic rings. The number of benzene rings is 1. The lowest BCUT2D eigenvalue weighted by Gasteiger charge is -2.35. The maximum atomic E-state index is 12.3. The van der Waals surface area contributed by atoms with Crippen molar-refractivity contribution < 1.29 is 9.90 Å². The number of carbonyl (C=O) groups excluding carboxylic acids is 1. The number of carbonyl (C=O) groups is 1. The van der Waals surface area contributed by atoms with Gasteiger partial charge in [0, 0.05) is 23.9 Å². The number of aliphatic hydroxyl groups excluding tert-OH is 1. The summed E-state index contributed by atoms with van der Waals surface area (Å²) in [5, 5.41) is 28.8. The van der Waals surface area contributed by atoms with Crippen LogP contribution >= 0.6 is 0 Å². The fraction of sp³-hybridized carbons (Fsp3) is 0.444. The smallest absolute Gasteiger partial charge is 0.226 e. The summed E-state index contributed by atoms with van der Waals surface area (Å²) in [6.45, 7) is 2.64. The highest BCUT2D eigenvalue weighted by atomic mass is 16.3. The predicted molar refractivity (Wildman–Crippen MR) is 95.3 cm³/mol. The SMILES string of the molecule is CCn1c(CO)nnc1C1CC(NC(=O)Cc2[nH]nc3ccccc23)C1. The summed E-state index contributed by atoms with van der Waals surface area (Å²) in [6, 6.07) is 7.92. The summed E-state index contributed by atoms with van der Waals surface area (Å²) in [5.74, 6) is 1.78. The molecule has 0 aliphatic heterocycles. The molecule has 1 amide bonds. The Labute approximate surface area is 150 Å². The third-order valence-corrected chi connectivity index (χ3v) is 5.06. The van der Waals surface area contributed by atoms with Crippen molar-refractivity contribution in [2.45, 2.75) is 51.3 Å². The second kappa shape index (κ2) is 6.87. The standard InChI is InChI=1S/C18H22N6O2/c1-2-24-16(10-25)22-23-18(24)11-7-12(8-11)19-17(26)9-15-13-5-3-4-6-14(13)20-21-15/h3-6,11-12,25H,2,7-10H2,1H3,(H,19,26)(H,20,21). The average molecular weight is 354 g/mol. The monoisotopic (exact) mass is 354 g/mol. The number of aromatic amines is 1. The molecule has 0 radical (unpaired) electrons. The summed E-state index contributed by atoms with van der Waals surface area (Å²) in [4.78, 5) is 12.3. The van der Waals surface area contributed by atoms with E-state index in [0.717, 1.165) is 41.8 Å². The van der Waals surface area contributed by atoms with Crippen LogP contribution in [0.3, 0.4) is 0 Å². The lowest BCUT2D eigenvalue weighted by Crippen LogP contribution is -2.44. The van der Waals surface area contributed by atoms with Gasteiger partial charge in [-0.25, -0.2) is 0 Å². The molecule has 136 valence electrons. The molecule has 0 spiro atoms. The van der Waals surface area contributed by atoms with Crippen molar-refractivity contribution in [2.75, 3.05) is 0 Å². The van der Waals surface area contributed by atoms with Gasteiger partial charge in [0.15, 0.2) is 5.82 Å². The molecule has 1 aromatic carbocycles. The van der Waals surface area contributed by atoms with Crippen LogP contribution in [0.25, 0.3) is 10.9 Å². The molecule has 1 saturated carbocycles. The summed E-state index contributed by atoms with van der Waals surface area (Å²) in [7, 11) is 0. The van der Waals surface area contributed by atoms with Gasteiger partial charge in [-0.3, -0.25) is 9.89 Å². The van der Waals surface area contributed by atoms with E-state index in [0.29, 0.717) is 12.2 Å². The first kappa shape index (κ1) is 16.7. The van der Waals surface area contributed by atoms with Crippen molar-refractivity contribution in [1.29, 1.82) is 0 Å². The van der Waals surface area contributed by atoms with Gasteiger partial charge < -0.3 is 15.0 Å². The summed E-state index contributed by atoms with van der Waals surface area (Å²) in [5.41, 5.74) is 1.71. The van der Waals surface area contributed by atoms with Crippen molar-refractivity contribution in [2.24, 2.45) is 0 Å². The molecular weight excluding hydrogens is 332 g/mol. The Morgan fingerprint density at radius 1 is 1.35 bits per heavy atom. The van der Waals surface area contributed by atoms with Crippen LogP contribution in [0.2, 0.25) is 0 Å². The Bertz CT molecular complexity index is 925. The van der Waals surface area contributed by atoms with Crippen molar-refractivity contribution >= 4 is 16.8 Å². The molecule has 3 N–H and O–H groups in total. The zero-order chi connectivity index (χ0) is 18.1. The first-order chi connectivity index (χ1) is 12.7. The van der Waals surface area contributed by atoms with E-state index in [1.54, 1.807) is 0 Å². The fourth-order valence-electron chi connectivity index (χ4n) is 3.65. The summed E-state index contributed by atoms with van der Waals surface area (Å²) >= 11 is 0. The molecule has 8 heteroatoms. The molecule has 2 aromatic heterocycles. The maximum Gasteiger partial charge on any atom is 0.226 e. The number of aromatic nitrogens is 5. The van der Waals surface area contributed by atoms with Crippen LogP contribution in [0.15, 0.2) is 24.3 Å². The topological polar surface area (TPSA) is 109 Å². The van der Waals surface area contributed by atoms with Gasteiger partial charge in [0.05, 0.1) is 17.6 Å². The Morgan fingerprint density at radius 3 is 2.92 bits per heavy atom. The highest BCUT2D eigenvalue weighted by molar-refractivity contribution is 5.87. The normalized spacial score (nSPS) is 19.5. The van der Waals surface area contributed by atoms with Gasteiger partial charge in [-0.15, -0.1) is 10.2 Å². The minimum absolute atomic E-state index is 0.00383. The van der Waals surface area contributed by atoms with Crippen LogP contribution in [-0.2, 0) is 24.4 Å². The molecule has 26 heavy (non-hydrogen) atoms. The van der Waals surface area contributed by atoms with E-state index in [1.807, 2.05) is 35.8 Å². The van der Waals surface area contributed by atoms with Gasteiger partial charge in [0.1, 0.15) is 12.4 Å². The third-order valence-electron chi connectivity index (χ3n) is 5.06. The van der Waals surface area contributed by atoms with Crippen LogP contribution in [0.5, 0.6) is 0 Å². The van der Waals surface area contributed by atoms with Crippen molar-refractivity contribution in [3.05, 3.63) is 41.6 Å². The molecule has 3 aromatic rings. The number of H-pyrrole nitrogens is 1. The highest BCUT2D eigenvalue weighted by Crippen LogP contribution is 2.36. The Morgan fingerprint density at radius 2 is 2.15 bits per heavy atom. The molecule has 1 fully saturated rings. The lowest BCUT2D eigenvalue weighted by molar-refractivity contribution is -0.121. The maximum absolute atomic E-state index is 12.3.